The molecule has 0 spiro atoms. The number of aliphatic carboxylic acids is 1. The second-order valence-corrected chi connectivity index (χ2v) is 3.45. The Morgan fingerprint density at radius 2 is 2.31 bits per heavy atom. The van der Waals surface area contributed by atoms with E-state index in [1.54, 1.807) is 6.07 Å². The number of nitrogens with one attached hydrogen (secondary N) is 1. The highest BCUT2D eigenvalue weighted by Crippen LogP contribution is 2.25. The molecule has 1 aromatic carbocycles. The lowest BCUT2D eigenvalue weighted by atomic mass is 10.1. The van der Waals surface area contributed by atoms with Crippen molar-refractivity contribution in [3.05, 3.63) is 29.6 Å². The fraction of sp³-hybridized carbons (Fsp3) is 0.200. The maximum absolute atomic E-state index is 13.4. The summed E-state index contributed by atoms with van der Waals surface area (Å²) >= 11 is 0. The summed E-state index contributed by atoms with van der Waals surface area (Å²) < 4.78 is 13.4. The first-order valence-corrected chi connectivity index (χ1v) is 4.63. The second kappa shape index (κ2) is 3.80. The van der Waals surface area contributed by atoms with Gasteiger partial charge in [0.2, 0.25) is 0 Å². The van der Waals surface area contributed by atoms with Crippen molar-refractivity contribution in [2.45, 2.75) is 6.54 Å². The molecule has 0 aliphatic carbocycles. The van der Waals surface area contributed by atoms with Crippen molar-refractivity contribution in [1.29, 1.82) is 0 Å². The highest BCUT2D eigenvalue weighted by molar-refractivity contribution is 5.94. The molecule has 1 aliphatic rings. The minimum Gasteiger partial charge on any atom is -0.480 e. The van der Waals surface area contributed by atoms with E-state index in [0.717, 1.165) is 4.90 Å². The average Bonchev–Trinajstić information content (AvgIpc) is 2.20. The van der Waals surface area contributed by atoms with Crippen molar-refractivity contribution in [2.75, 3.05) is 11.9 Å². The van der Waals surface area contributed by atoms with Gasteiger partial charge in [0.15, 0.2) is 0 Å². The number of nitrogens with zero attached hydrogens (tertiary/aromatic N) is 1. The summed E-state index contributed by atoms with van der Waals surface area (Å²) in [6.45, 7) is -0.472. The number of carbonyl (C=O) groups excluding carboxylic acids is 1. The number of fused-ring (bicyclic) bond motifs is 1. The molecule has 2 rings (SSSR count). The molecule has 1 aromatic rings. The molecule has 6 heteroatoms. The molecule has 5 nitrogen and oxygen atoms in total. The summed E-state index contributed by atoms with van der Waals surface area (Å²) in [7, 11) is 0. The van der Waals surface area contributed by atoms with Crippen LogP contribution in [0.5, 0.6) is 0 Å². The molecule has 16 heavy (non-hydrogen) atoms. The maximum Gasteiger partial charge on any atom is 0.323 e. The quantitative estimate of drug-likeness (QED) is 0.794. The van der Waals surface area contributed by atoms with Crippen LogP contribution in [0.3, 0.4) is 0 Å². The lowest BCUT2D eigenvalue weighted by molar-refractivity contribution is -0.137. The van der Waals surface area contributed by atoms with Gasteiger partial charge in [-0.25, -0.2) is 9.18 Å². The third kappa shape index (κ3) is 1.81. The summed E-state index contributed by atoms with van der Waals surface area (Å²) in [5.74, 6) is -1.58. The fourth-order valence-electron chi connectivity index (χ4n) is 1.58. The van der Waals surface area contributed by atoms with E-state index in [4.69, 9.17) is 5.11 Å². The molecule has 0 radical (unpaired) electrons. The Morgan fingerprint density at radius 3 is 3.00 bits per heavy atom. The van der Waals surface area contributed by atoms with Gasteiger partial charge in [-0.15, -0.1) is 0 Å². The molecule has 0 saturated carbocycles. The Kier molecular flexibility index (Phi) is 2.47. The monoisotopic (exact) mass is 224 g/mol. The Balaban J connectivity index is 2.30. The van der Waals surface area contributed by atoms with E-state index < -0.39 is 24.4 Å². The van der Waals surface area contributed by atoms with Crippen LogP contribution in [0.15, 0.2) is 18.2 Å². The third-order valence-corrected chi connectivity index (χ3v) is 2.32. The van der Waals surface area contributed by atoms with Crippen LogP contribution in [0.25, 0.3) is 0 Å². The van der Waals surface area contributed by atoms with Gasteiger partial charge in [-0.3, -0.25) is 4.79 Å². The van der Waals surface area contributed by atoms with Crippen molar-refractivity contribution in [3.63, 3.8) is 0 Å². The zero-order chi connectivity index (χ0) is 11.7. The molecule has 2 N–H and O–H groups in total. The third-order valence-electron chi connectivity index (χ3n) is 2.32. The van der Waals surface area contributed by atoms with E-state index in [9.17, 15) is 14.0 Å². The molecular formula is C10H9FN2O3. The van der Waals surface area contributed by atoms with Crippen molar-refractivity contribution in [2.24, 2.45) is 0 Å². The van der Waals surface area contributed by atoms with Crippen molar-refractivity contribution < 1.29 is 19.1 Å². The predicted octanol–water partition coefficient (Wildman–Crippen LogP) is 1.26. The number of hydrogen-bond acceptors (Lipinski definition) is 2. The molecule has 84 valence electrons. The van der Waals surface area contributed by atoms with Crippen LogP contribution in [0.1, 0.15) is 5.56 Å². The summed E-state index contributed by atoms with van der Waals surface area (Å²) in [5.41, 5.74) is 0.704. The van der Waals surface area contributed by atoms with Crippen molar-refractivity contribution in [3.8, 4) is 0 Å². The number of urea groups is 1. The van der Waals surface area contributed by atoms with Crippen LogP contribution in [0.4, 0.5) is 14.9 Å². The van der Waals surface area contributed by atoms with Gasteiger partial charge >= 0.3 is 12.0 Å². The van der Waals surface area contributed by atoms with E-state index in [1.807, 2.05) is 0 Å². The van der Waals surface area contributed by atoms with Gasteiger partial charge in [0, 0.05) is 5.56 Å². The molecule has 0 atom stereocenters. The van der Waals surface area contributed by atoms with E-state index >= 15 is 0 Å². The van der Waals surface area contributed by atoms with Crippen LogP contribution in [-0.4, -0.2) is 28.6 Å². The fourth-order valence-corrected chi connectivity index (χ4v) is 1.58. The second-order valence-electron chi connectivity index (χ2n) is 3.45. The minimum absolute atomic E-state index is 0.0276. The number of carboxylic acids is 1. The number of rotatable bonds is 2. The minimum atomic E-state index is -1.13. The van der Waals surface area contributed by atoms with Gasteiger partial charge in [0.1, 0.15) is 12.4 Å². The normalized spacial score (nSPS) is 14.3. The smallest absolute Gasteiger partial charge is 0.323 e. The molecule has 0 saturated heterocycles. The van der Waals surface area contributed by atoms with E-state index in [0.29, 0.717) is 11.3 Å². The van der Waals surface area contributed by atoms with Gasteiger partial charge in [-0.1, -0.05) is 6.07 Å². The zero-order valence-corrected chi connectivity index (χ0v) is 8.24. The van der Waals surface area contributed by atoms with Gasteiger partial charge in [-0.05, 0) is 12.1 Å². The molecular weight excluding hydrogens is 215 g/mol. The SMILES string of the molecule is O=C(O)CN1Cc2c(F)cccc2NC1=O. The van der Waals surface area contributed by atoms with Gasteiger partial charge < -0.3 is 15.3 Å². The first-order chi connectivity index (χ1) is 7.58. The number of halogens is 1. The van der Waals surface area contributed by atoms with E-state index in [2.05, 4.69) is 5.32 Å². The van der Waals surface area contributed by atoms with Crippen LogP contribution in [0.2, 0.25) is 0 Å². The van der Waals surface area contributed by atoms with Gasteiger partial charge in [0.05, 0.1) is 12.2 Å². The Labute approximate surface area is 90.5 Å². The summed E-state index contributed by atoms with van der Waals surface area (Å²) in [6, 6.07) is 3.81. The molecule has 1 aliphatic heterocycles. The van der Waals surface area contributed by atoms with Crippen LogP contribution in [-0.2, 0) is 11.3 Å². The summed E-state index contributed by atoms with van der Waals surface area (Å²) in [4.78, 5) is 23.0. The highest BCUT2D eigenvalue weighted by atomic mass is 19.1. The maximum atomic E-state index is 13.4. The zero-order valence-electron chi connectivity index (χ0n) is 8.24. The number of benzene rings is 1. The number of anilines is 1. The Hall–Kier alpha value is -2.11. The molecule has 0 unspecified atom stereocenters. The highest BCUT2D eigenvalue weighted by Gasteiger charge is 2.25. The Morgan fingerprint density at radius 1 is 1.56 bits per heavy atom. The summed E-state index contributed by atoms with van der Waals surface area (Å²) in [5, 5.41) is 11.0. The average molecular weight is 224 g/mol. The summed E-state index contributed by atoms with van der Waals surface area (Å²) in [6.07, 6.45) is 0. The topological polar surface area (TPSA) is 69.6 Å². The molecule has 0 aromatic heterocycles. The molecule has 0 fully saturated rings. The first-order valence-electron chi connectivity index (χ1n) is 4.63. The lowest BCUT2D eigenvalue weighted by Gasteiger charge is -2.28. The van der Waals surface area contributed by atoms with Gasteiger partial charge in [-0.2, -0.15) is 0 Å². The number of carbonyl (C=O) groups is 2. The molecule has 2 amide bonds. The molecule has 1 heterocycles. The van der Waals surface area contributed by atoms with Crippen LogP contribution in [0, 0.1) is 5.82 Å². The molecule has 0 bridgehead atoms. The largest absolute Gasteiger partial charge is 0.480 e. The first kappa shape index (κ1) is 10.4. The standard InChI is InChI=1S/C10H9FN2O3/c11-7-2-1-3-8-6(7)4-13(5-9(14)15)10(16)12-8/h1-3H,4-5H2,(H,12,16)(H,14,15). The lowest BCUT2D eigenvalue weighted by Crippen LogP contribution is -2.41. The van der Waals surface area contributed by atoms with Crippen LogP contribution >= 0.6 is 0 Å². The van der Waals surface area contributed by atoms with Crippen molar-refractivity contribution in [1.82, 2.24) is 4.90 Å². The van der Waals surface area contributed by atoms with Crippen molar-refractivity contribution >= 4 is 17.7 Å². The van der Waals surface area contributed by atoms with E-state index in [-0.39, 0.29) is 6.54 Å². The van der Waals surface area contributed by atoms with E-state index in [1.165, 1.54) is 12.1 Å². The Bertz CT molecular complexity index is 461. The predicted molar refractivity (Wildman–Crippen MR) is 53.5 cm³/mol. The number of carboxylic acid groups (broad SMARTS) is 1. The van der Waals surface area contributed by atoms with Crippen LogP contribution < -0.4 is 5.32 Å². The number of amides is 2. The van der Waals surface area contributed by atoms with Gasteiger partial charge in [0.25, 0.3) is 0 Å². The number of hydrogen-bond donors (Lipinski definition) is 2.